The first kappa shape index (κ1) is 18.4. The maximum atomic E-state index is 12.0. The summed E-state index contributed by atoms with van der Waals surface area (Å²) in [6.07, 6.45) is 4.84. The minimum atomic E-state index is -0.543. The summed E-state index contributed by atoms with van der Waals surface area (Å²) in [7, 11) is 0. The minimum absolute atomic E-state index is 0.122. The number of hydrogen-bond acceptors (Lipinski definition) is 6. The monoisotopic (exact) mass is 381 g/mol. The molecule has 1 fully saturated rings. The van der Waals surface area contributed by atoms with E-state index in [1.54, 1.807) is 10.9 Å². The molecule has 3 heterocycles. The molecule has 8 nitrogen and oxygen atoms in total. The van der Waals surface area contributed by atoms with E-state index in [0.717, 1.165) is 18.4 Å². The van der Waals surface area contributed by atoms with Crippen molar-refractivity contribution >= 4 is 22.6 Å². The van der Waals surface area contributed by atoms with Gasteiger partial charge in [-0.25, -0.2) is 9.67 Å². The van der Waals surface area contributed by atoms with Gasteiger partial charge in [-0.05, 0) is 18.4 Å². The van der Waals surface area contributed by atoms with Gasteiger partial charge in [-0.2, -0.15) is 5.10 Å². The number of hydrogen-bond donors (Lipinski definition) is 3. The summed E-state index contributed by atoms with van der Waals surface area (Å²) >= 11 is 0. The van der Waals surface area contributed by atoms with Crippen molar-refractivity contribution in [2.45, 2.75) is 24.9 Å². The number of aromatic nitrogens is 3. The van der Waals surface area contributed by atoms with Crippen LogP contribution < -0.4 is 11.1 Å². The van der Waals surface area contributed by atoms with Crippen LogP contribution in [0, 0.1) is 0 Å². The number of nitrogens with zero attached hydrogens (tertiary/aromatic N) is 3. The molecule has 1 saturated heterocycles. The minimum Gasteiger partial charge on any atom is -0.394 e. The van der Waals surface area contributed by atoms with E-state index in [0.29, 0.717) is 35.5 Å². The molecule has 8 heteroatoms. The van der Waals surface area contributed by atoms with Crippen molar-refractivity contribution < 1.29 is 14.6 Å². The molecule has 0 saturated carbocycles. The molecule has 0 spiro atoms. The zero-order valence-corrected chi connectivity index (χ0v) is 15.4. The third-order valence-corrected chi connectivity index (χ3v) is 5.11. The van der Waals surface area contributed by atoms with E-state index in [1.807, 2.05) is 30.3 Å². The highest BCUT2D eigenvalue weighted by molar-refractivity contribution is 6.05. The molecular weight excluding hydrogens is 358 g/mol. The van der Waals surface area contributed by atoms with Crippen molar-refractivity contribution in [3.63, 3.8) is 0 Å². The first-order valence-corrected chi connectivity index (χ1v) is 9.35. The van der Waals surface area contributed by atoms with Crippen LogP contribution in [0.15, 0.2) is 42.7 Å². The Labute approximate surface area is 162 Å². The average molecular weight is 381 g/mol. The summed E-state index contributed by atoms with van der Waals surface area (Å²) in [4.78, 5) is 16.4. The molecule has 1 aromatic carbocycles. The number of pyridine rings is 1. The summed E-state index contributed by atoms with van der Waals surface area (Å²) < 4.78 is 7.10. The van der Waals surface area contributed by atoms with Gasteiger partial charge in [-0.15, -0.1) is 0 Å². The standard InChI is InChI=1S/C20H23N5O3/c21-19(27)15-10-22-20-16(18(15)24-14-6-8-28-9-7-14)11-23-25(20)17(12-26)13-4-2-1-3-5-13/h1-5,10-11,14,17,26H,6-9,12H2,(H2,21,27)(H,22,24)/t17-/m0/s1. The van der Waals surface area contributed by atoms with Gasteiger partial charge in [-0.1, -0.05) is 30.3 Å². The zero-order chi connectivity index (χ0) is 19.5. The number of nitrogens with one attached hydrogen (secondary N) is 1. The number of amides is 1. The first-order chi connectivity index (χ1) is 13.7. The van der Waals surface area contributed by atoms with Gasteiger partial charge in [0, 0.05) is 25.5 Å². The van der Waals surface area contributed by atoms with E-state index in [2.05, 4.69) is 15.4 Å². The highest BCUT2D eigenvalue weighted by Crippen LogP contribution is 2.30. The van der Waals surface area contributed by atoms with Crippen LogP contribution >= 0.6 is 0 Å². The summed E-state index contributed by atoms with van der Waals surface area (Å²) in [5, 5.41) is 18.6. The number of anilines is 1. The summed E-state index contributed by atoms with van der Waals surface area (Å²) in [6.45, 7) is 1.23. The van der Waals surface area contributed by atoms with Gasteiger partial charge < -0.3 is 20.9 Å². The summed E-state index contributed by atoms with van der Waals surface area (Å²) in [5.74, 6) is -0.543. The quantitative estimate of drug-likeness (QED) is 0.599. The van der Waals surface area contributed by atoms with Gasteiger partial charge >= 0.3 is 0 Å². The number of rotatable bonds is 6. The average Bonchev–Trinajstić information content (AvgIpc) is 3.15. The Bertz CT molecular complexity index is 967. The Kier molecular flexibility index (Phi) is 5.23. The van der Waals surface area contributed by atoms with Crippen LogP contribution in [0.4, 0.5) is 5.69 Å². The molecule has 1 aliphatic heterocycles. The second-order valence-electron chi connectivity index (χ2n) is 6.88. The number of primary amides is 1. The second-order valence-corrected chi connectivity index (χ2v) is 6.88. The lowest BCUT2D eigenvalue weighted by molar-refractivity contribution is 0.0904. The molecule has 0 radical (unpaired) electrons. The van der Waals surface area contributed by atoms with Crippen molar-refractivity contribution in [3.8, 4) is 0 Å². The van der Waals surface area contributed by atoms with Crippen LogP contribution in [0.1, 0.15) is 34.8 Å². The second kappa shape index (κ2) is 7.95. The van der Waals surface area contributed by atoms with Crippen LogP contribution in [0.2, 0.25) is 0 Å². The van der Waals surface area contributed by atoms with Crippen LogP contribution in [-0.4, -0.2) is 51.6 Å². The molecule has 0 aliphatic carbocycles. The van der Waals surface area contributed by atoms with E-state index in [-0.39, 0.29) is 18.7 Å². The van der Waals surface area contributed by atoms with E-state index in [1.165, 1.54) is 6.20 Å². The molecule has 3 aromatic rings. The number of benzene rings is 1. The molecule has 146 valence electrons. The molecule has 28 heavy (non-hydrogen) atoms. The zero-order valence-electron chi connectivity index (χ0n) is 15.4. The molecule has 0 bridgehead atoms. The Morgan fingerprint density at radius 1 is 1.29 bits per heavy atom. The van der Waals surface area contributed by atoms with Crippen molar-refractivity contribution in [3.05, 3.63) is 53.9 Å². The van der Waals surface area contributed by atoms with Crippen molar-refractivity contribution in [1.29, 1.82) is 0 Å². The molecule has 1 aliphatic rings. The Balaban J connectivity index is 1.79. The summed E-state index contributed by atoms with van der Waals surface area (Å²) in [5.41, 5.74) is 8.07. The van der Waals surface area contributed by atoms with Crippen LogP contribution in [0.25, 0.3) is 11.0 Å². The molecular formula is C20H23N5O3. The molecule has 1 atom stereocenters. The van der Waals surface area contributed by atoms with Gasteiger partial charge in [-0.3, -0.25) is 4.79 Å². The van der Waals surface area contributed by atoms with Gasteiger partial charge in [0.1, 0.15) is 6.04 Å². The lowest BCUT2D eigenvalue weighted by Crippen LogP contribution is -2.29. The maximum Gasteiger partial charge on any atom is 0.252 e. The van der Waals surface area contributed by atoms with Crippen molar-refractivity contribution in [1.82, 2.24) is 14.8 Å². The Morgan fingerprint density at radius 2 is 2.04 bits per heavy atom. The number of carbonyl (C=O) groups excluding carboxylic acids is 1. The molecule has 0 unspecified atom stereocenters. The Hall–Kier alpha value is -2.97. The van der Waals surface area contributed by atoms with Crippen LogP contribution in [0.5, 0.6) is 0 Å². The van der Waals surface area contributed by atoms with Gasteiger partial charge in [0.05, 0.1) is 29.4 Å². The fourth-order valence-electron chi connectivity index (χ4n) is 3.61. The largest absolute Gasteiger partial charge is 0.394 e. The van der Waals surface area contributed by atoms with Gasteiger partial charge in [0.2, 0.25) is 0 Å². The maximum absolute atomic E-state index is 12.0. The molecule has 2 aromatic heterocycles. The smallest absolute Gasteiger partial charge is 0.252 e. The number of ether oxygens (including phenoxy) is 1. The molecule has 4 N–H and O–H groups in total. The number of carbonyl (C=O) groups is 1. The van der Waals surface area contributed by atoms with E-state index < -0.39 is 5.91 Å². The normalized spacial score (nSPS) is 16.2. The third kappa shape index (κ3) is 3.44. The highest BCUT2D eigenvalue weighted by Gasteiger charge is 2.23. The predicted octanol–water partition coefficient (Wildman–Crippen LogP) is 1.70. The van der Waals surface area contributed by atoms with E-state index >= 15 is 0 Å². The van der Waals surface area contributed by atoms with Crippen molar-refractivity contribution in [2.24, 2.45) is 5.73 Å². The third-order valence-electron chi connectivity index (χ3n) is 5.11. The lowest BCUT2D eigenvalue weighted by atomic mass is 10.1. The molecule has 1 amide bonds. The fourth-order valence-corrected chi connectivity index (χ4v) is 3.61. The predicted molar refractivity (Wildman–Crippen MR) is 105 cm³/mol. The number of fused-ring (bicyclic) bond motifs is 1. The lowest BCUT2D eigenvalue weighted by Gasteiger charge is -2.25. The van der Waals surface area contributed by atoms with E-state index in [4.69, 9.17) is 10.5 Å². The van der Waals surface area contributed by atoms with Crippen molar-refractivity contribution in [2.75, 3.05) is 25.1 Å². The fraction of sp³-hybridized carbons (Fsp3) is 0.350. The number of aliphatic hydroxyl groups is 1. The Morgan fingerprint density at radius 3 is 2.71 bits per heavy atom. The summed E-state index contributed by atoms with van der Waals surface area (Å²) in [6, 6.07) is 9.44. The number of nitrogens with two attached hydrogens (primary N) is 1. The van der Waals surface area contributed by atoms with Gasteiger partial charge in [0.15, 0.2) is 5.65 Å². The molecule has 4 rings (SSSR count). The van der Waals surface area contributed by atoms with Crippen LogP contribution in [0.3, 0.4) is 0 Å². The van der Waals surface area contributed by atoms with E-state index in [9.17, 15) is 9.90 Å². The first-order valence-electron chi connectivity index (χ1n) is 9.35. The van der Waals surface area contributed by atoms with Gasteiger partial charge in [0.25, 0.3) is 5.91 Å². The SMILES string of the molecule is NC(=O)c1cnc2c(cnn2[C@@H](CO)c2ccccc2)c1NC1CCOCC1. The number of aliphatic hydroxyl groups excluding tert-OH is 1. The highest BCUT2D eigenvalue weighted by atomic mass is 16.5. The topological polar surface area (TPSA) is 115 Å². The van der Waals surface area contributed by atoms with Crippen LogP contribution in [-0.2, 0) is 4.74 Å².